The van der Waals surface area contributed by atoms with Gasteiger partial charge in [-0.2, -0.15) is 0 Å². The number of fused-ring (bicyclic) bond motifs is 1. The van der Waals surface area contributed by atoms with Crippen LogP contribution >= 0.6 is 15.9 Å². The monoisotopic (exact) mass is 368 g/mol. The van der Waals surface area contributed by atoms with Crippen LogP contribution in [-0.2, 0) is 4.74 Å². The summed E-state index contributed by atoms with van der Waals surface area (Å²) in [6.07, 6.45) is 1.52. The fraction of sp³-hybridized carbons (Fsp3) is 0.625. The van der Waals surface area contributed by atoms with Crippen molar-refractivity contribution in [1.29, 1.82) is 0 Å². The van der Waals surface area contributed by atoms with Crippen molar-refractivity contribution >= 4 is 22.0 Å². The first-order valence-electron chi connectivity index (χ1n) is 7.56. The van der Waals surface area contributed by atoms with Gasteiger partial charge in [-0.3, -0.25) is 0 Å². The molecule has 0 N–H and O–H groups in total. The molecule has 22 heavy (non-hydrogen) atoms. The van der Waals surface area contributed by atoms with E-state index in [4.69, 9.17) is 9.47 Å². The number of piperidine rings is 1. The molecule has 120 valence electrons. The van der Waals surface area contributed by atoms with Gasteiger partial charge in [0.15, 0.2) is 0 Å². The molecule has 1 saturated carbocycles. The molecule has 3 rings (SSSR count). The van der Waals surface area contributed by atoms with E-state index in [0.29, 0.717) is 24.4 Å². The van der Waals surface area contributed by atoms with Crippen molar-refractivity contribution < 1.29 is 14.3 Å². The highest BCUT2D eigenvalue weighted by Crippen LogP contribution is 2.51. The number of nitrogens with zero attached hydrogens (tertiary/aromatic N) is 2. The van der Waals surface area contributed by atoms with Crippen molar-refractivity contribution in [2.45, 2.75) is 26.4 Å². The lowest BCUT2D eigenvalue weighted by Gasteiger charge is -2.25. The Balaban J connectivity index is 1.43. The molecular formula is C16H21BrN2O3. The van der Waals surface area contributed by atoms with Crippen LogP contribution in [0.3, 0.4) is 0 Å². The SMILES string of the molecule is CC(C)(C)OC(=O)N1C[C@@H]2C(COc3ccc(Br)nc3)[C@@H]2C1. The number of ether oxygens (including phenoxy) is 2. The Hall–Kier alpha value is -1.30. The van der Waals surface area contributed by atoms with Gasteiger partial charge in [0.25, 0.3) is 0 Å². The van der Waals surface area contributed by atoms with Gasteiger partial charge in [0.2, 0.25) is 0 Å². The van der Waals surface area contributed by atoms with Crippen LogP contribution in [0, 0.1) is 17.8 Å². The zero-order chi connectivity index (χ0) is 15.9. The van der Waals surface area contributed by atoms with Gasteiger partial charge in [0.1, 0.15) is 16.0 Å². The molecule has 0 spiro atoms. The standard InChI is InChI=1S/C16H21BrN2O3/c1-16(2,3)22-15(20)19-7-11-12(8-19)13(11)9-21-10-4-5-14(17)18-6-10/h4-6,11-13H,7-9H2,1-3H3/t11-,12+,13?. The molecule has 5 nitrogen and oxygen atoms in total. The highest BCUT2D eigenvalue weighted by Gasteiger charge is 2.57. The second-order valence-corrected chi connectivity index (χ2v) is 7.82. The highest BCUT2D eigenvalue weighted by molar-refractivity contribution is 9.10. The van der Waals surface area contributed by atoms with E-state index < -0.39 is 5.60 Å². The summed E-state index contributed by atoms with van der Waals surface area (Å²) in [5.41, 5.74) is -0.430. The summed E-state index contributed by atoms with van der Waals surface area (Å²) < 4.78 is 12.0. The summed E-state index contributed by atoms with van der Waals surface area (Å²) >= 11 is 3.30. The molecule has 6 heteroatoms. The molecule has 1 aliphatic carbocycles. The third kappa shape index (κ3) is 3.54. The van der Waals surface area contributed by atoms with Gasteiger partial charge in [-0.1, -0.05) is 0 Å². The van der Waals surface area contributed by atoms with Crippen molar-refractivity contribution in [3.63, 3.8) is 0 Å². The van der Waals surface area contributed by atoms with Crippen LogP contribution in [0.25, 0.3) is 0 Å². The maximum absolute atomic E-state index is 12.0. The fourth-order valence-electron chi connectivity index (χ4n) is 3.01. The van der Waals surface area contributed by atoms with Crippen LogP contribution in [-0.4, -0.2) is 41.3 Å². The number of aromatic nitrogens is 1. The van der Waals surface area contributed by atoms with Crippen molar-refractivity contribution in [2.24, 2.45) is 17.8 Å². The Kier molecular flexibility index (Phi) is 4.05. The summed E-state index contributed by atoms with van der Waals surface area (Å²) in [7, 11) is 0. The number of halogens is 1. The second kappa shape index (κ2) is 5.72. The summed E-state index contributed by atoms with van der Waals surface area (Å²) in [5, 5.41) is 0. The molecule has 0 bridgehead atoms. The van der Waals surface area contributed by atoms with Crippen molar-refractivity contribution in [3.8, 4) is 5.75 Å². The van der Waals surface area contributed by atoms with Gasteiger partial charge in [0.05, 0.1) is 12.8 Å². The Morgan fingerprint density at radius 3 is 2.59 bits per heavy atom. The van der Waals surface area contributed by atoms with E-state index >= 15 is 0 Å². The largest absolute Gasteiger partial charge is 0.492 e. The van der Waals surface area contributed by atoms with Crippen molar-refractivity contribution in [2.75, 3.05) is 19.7 Å². The average Bonchev–Trinajstić information content (AvgIpc) is 2.88. The first-order valence-corrected chi connectivity index (χ1v) is 8.35. The van der Waals surface area contributed by atoms with E-state index in [-0.39, 0.29) is 6.09 Å². The number of rotatable bonds is 3. The number of hydrogen-bond acceptors (Lipinski definition) is 4. The van der Waals surface area contributed by atoms with Crippen molar-refractivity contribution in [1.82, 2.24) is 9.88 Å². The van der Waals surface area contributed by atoms with Gasteiger partial charge in [-0.15, -0.1) is 0 Å². The summed E-state index contributed by atoms with van der Waals surface area (Å²) in [4.78, 5) is 18.0. The van der Waals surface area contributed by atoms with E-state index in [9.17, 15) is 4.79 Å². The van der Waals surface area contributed by atoms with Gasteiger partial charge in [0, 0.05) is 19.0 Å². The Labute approximate surface area is 139 Å². The van der Waals surface area contributed by atoms with Gasteiger partial charge in [-0.05, 0) is 60.7 Å². The molecular weight excluding hydrogens is 348 g/mol. The van der Waals surface area contributed by atoms with Gasteiger partial charge < -0.3 is 14.4 Å². The number of pyridine rings is 1. The molecule has 0 aromatic carbocycles. The van der Waals surface area contributed by atoms with E-state index in [2.05, 4.69) is 20.9 Å². The van der Waals surface area contributed by atoms with Crippen LogP contribution in [0.15, 0.2) is 22.9 Å². The average molecular weight is 369 g/mol. The fourth-order valence-corrected chi connectivity index (χ4v) is 3.25. The second-order valence-electron chi connectivity index (χ2n) is 7.00. The lowest BCUT2D eigenvalue weighted by Crippen LogP contribution is -2.37. The third-order valence-electron chi connectivity index (χ3n) is 4.17. The molecule has 1 aromatic heterocycles. The van der Waals surface area contributed by atoms with E-state index in [1.165, 1.54) is 0 Å². The number of likely N-dealkylation sites (tertiary alicyclic amines) is 1. The van der Waals surface area contributed by atoms with Crippen LogP contribution < -0.4 is 4.74 Å². The predicted molar refractivity (Wildman–Crippen MR) is 85.7 cm³/mol. The van der Waals surface area contributed by atoms with E-state index in [1.807, 2.05) is 37.8 Å². The topological polar surface area (TPSA) is 51.7 Å². The quantitative estimate of drug-likeness (QED) is 0.767. The predicted octanol–water partition coefficient (Wildman–Crippen LogP) is 3.34. The Morgan fingerprint density at radius 1 is 1.36 bits per heavy atom. The maximum atomic E-state index is 12.0. The molecule has 2 fully saturated rings. The Bertz CT molecular complexity index is 544. The zero-order valence-corrected chi connectivity index (χ0v) is 14.7. The minimum Gasteiger partial charge on any atom is -0.492 e. The molecule has 2 heterocycles. The molecule has 1 unspecified atom stereocenters. The molecule has 1 aromatic rings. The highest BCUT2D eigenvalue weighted by atomic mass is 79.9. The first-order chi connectivity index (χ1) is 10.3. The summed E-state index contributed by atoms with van der Waals surface area (Å²) in [6, 6.07) is 3.77. The molecule has 1 saturated heterocycles. The molecule has 1 aliphatic heterocycles. The van der Waals surface area contributed by atoms with Gasteiger partial charge in [-0.25, -0.2) is 9.78 Å². The van der Waals surface area contributed by atoms with E-state index in [0.717, 1.165) is 23.4 Å². The Morgan fingerprint density at radius 2 is 2.05 bits per heavy atom. The number of amides is 1. The first kappa shape index (κ1) is 15.6. The minimum atomic E-state index is -0.430. The number of hydrogen-bond donors (Lipinski definition) is 0. The molecule has 1 amide bonds. The van der Waals surface area contributed by atoms with Crippen LogP contribution in [0.5, 0.6) is 5.75 Å². The van der Waals surface area contributed by atoms with Crippen LogP contribution in [0.1, 0.15) is 20.8 Å². The minimum absolute atomic E-state index is 0.198. The lowest BCUT2D eigenvalue weighted by molar-refractivity contribution is 0.0261. The number of carbonyl (C=O) groups is 1. The van der Waals surface area contributed by atoms with Crippen molar-refractivity contribution in [3.05, 3.63) is 22.9 Å². The molecule has 0 radical (unpaired) electrons. The van der Waals surface area contributed by atoms with E-state index in [1.54, 1.807) is 6.20 Å². The summed E-state index contributed by atoms with van der Waals surface area (Å²) in [6.45, 7) is 7.94. The zero-order valence-electron chi connectivity index (χ0n) is 13.1. The van der Waals surface area contributed by atoms with Crippen LogP contribution in [0.4, 0.5) is 4.79 Å². The maximum Gasteiger partial charge on any atom is 0.410 e. The third-order valence-corrected chi connectivity index (χ3v) is 4.63. The van der Waals surface area contributed by atoms with Crippen LogP contribution in [0.2, 0.25) is 0 Å². The smallest absolute Gasteiger partial charge is 0.410 e. The normalized spacial score (nSPS) is 26.5. The molecule has 3 atom stereocenters. The summed E-state index contributed by atoms with van der Waals surface area (Å²) in [5.74, 6) is 2.44. The van der Waals surface area contributed by atoms with Gasteiger partial charge >= 0.3 is 6.09 Å². The molecule has 2 aliphatic rings. The lowest BCUT2D eigenvalue weighted by atomic mass is 10.2. The number of carbonyl (C=O) groups excluding carboxylic acids is 1.